The van der Waals surface area contributed by atoms with Gasteiger partial charge in [-0.05, 0) is 24.1 Å². The van der Waals surface area contributed by atoms with Crippen LogP contribution < -0.4 is 0 Å². The highest BCUT2D eigenvalue weighted by Crippen LogP contribution is 2.35. The Kier molecular flexibility index (Phi) is 3.36. The second-order valence-electron chi connectivity index (χ2n) is 5.79. The molecular formula is C17H11N5O4. The van der Waals surface area contributed by atoms with E-state index in [9.17, 15) is 20.2 Å². The molecule has 0 aliphatic carbocycles. The molecule has 2 heterocycles. The van der Waals surface area contributed by atoms with Crippen LogP contribution in [-0.4, -0.2) is 24.4 Å². The van der Waals surface area contributed by atoms with Crippen molar-refractivity contribution in [2.75, 3.05) is 0 Å². The van der Waals surface area contributed by atoms with Gasteiger partial charge in [0.2, 0.25) is 0 Å². The maximum Gasteiger partial charge on any atom is 0.270 e. The van der Waals surface area contributed by atoms with E-state index in [0.717, 1.165) is 11.1 Å². The molecule has 0 radical (unpaired) electrons. The predicted octanol–water partition coefficient (Wildman–Crippen LogP) is 3.67. The van der Waals surface area contributed by atoms with E-state index in [0.29, 0.717) is 22.2 Å². The Morgan fingerprint density at radius 2 is 1.73 bits per heavy atom. The lowest BCUT2D eigenvalue weighted by Gasteiger charge is -2.12. The van der Waals surface area contributed by atoms with Gasteiger partial charge in [-0.25, -0.2) is 0 Å². The molecule has 0 saturated heterocycles. The maximum absolute atomic E-state index is 11.1. The molecule has 0 unspecified atom stereocenters. The molecule has 0 amide bonds. The summed E-state index contributed by atoms with van der Waals surface area (Å²) in [5, 5.41) is 31.0. The summed E-state index contributed by atoms with van der Waals surface area (Å²) >= 11 is 0. The Labute approximate surface area is 145 Å². The minimum Gasteiger partial charge on any atom is -0.281 e. The number of nitrogens with zero attached hydrogens (tertiary/aromatic N) is 5. The quantitative estimate of drug-likeness (QED) is 0.411. The number of rotatable bonds is 3. The average molecular weight is 349 g/mol. The van der Waals surface area contributed by atoms with Gasteiger partial charge in [0.15, 0.2) is 5.65 Å². The lowest BCUT2D eigenvalue weighted by atomic mass is 9.97. The molecule has 26 heavy (non-hydrogen) atoms. The van der Waals surface area contributed by atoms with Gasteiger partial charge in [-0.1, -0.05) is 12.1 Å². The highest BCUT2D eigenvalue weighted by molar-refractivity contribution is 5.96. The fourth-order valence-electron chi connectivity index (χ4n) is 3.15. The second kappa shape index (κ2) is 5.59. The number of fused-ring (bicyclic) bond motifs is 3. The van der Waals surface area contributed by atoms with Crippen molar-refractivity contribution in [2.45, 2.75) is 6.92 Å². The molecule has 9 nitrogen and oxygen atoms in total. The van der Waals surface area contributed by atoms with Crippen molar-refractivity contribution in [2.24, 2.45) is 0 Å². The van der Waals surface area contributed by atoms with Crippen LogP contribution in [0.3, 0.4) is 0 Å². The van der Waals surface area contributed by atoms with Gasteiger partial charge in [0.25, 0.3) is 11.4 Å². The molecule has 9 heteroatoms. The highest BCUT2D eigenvalue weighted by atomic mass is 16.6. The molecule has 4 rings (SSSR count). The maximum atomic E-state index is 11.1. The number of benzene rings is 2. The zero-order chi connectivity index (χ0) is 18.4. The van der Waals surface area contributed by atoms with E-state index in [4.69, 9.17) is 0 Å². The van der Waals surface area contributed by atoms with Crippen molar-refractivity contribution in [1.82, 2.24) is 14.6 Å². The van der Waals surface area contributed by atoms with Crippen molar-refractivity contribution in [3.8, 4) is 11.1 Å². The Morgan fingerprint density at radius 3 is 2.46 bits per heavy atom. The van der Waals surface area contributed by atoms with Crippen LogP contribution in [0.25, 0.3) is 27.7 Å². The SMILES string of the molecule is Cc1c(-c2cccc([N+](=O)[O-])c2)c2nncn2c2ccc([N+](=O)[O-])cc12. The van der Waals surface area contributed by atoms with Crippen LogP contribution in [0.4, 0.5) is 11.4 Å². The monoisotopic (exact) mass is 349 g/mol. The smallest absolute Gasteiger partial charge is 0.270 e. The molecule has 0 spiro atoms. The number of non-ortho nitro benzene ring substituents is 2. The van der Waals surface area contributed by atoms with Crippen molar-refractivity contribution in [1.29, 1.82) is 0 Å². The molecule has 128 valence electrons. The summed E-state index contributed by atoms with van der Waals surface area (Å²) in [4.78, 5) is 21.3. The Hall–Kier alpha value is -3.88. The molecule has 0 aliphatic heterocycles. The van der Waals surface area contributed by atoms with Crippen molar-refractivity contribution in [3.63, 3.8) is 0 Å². The molecule has 0 atom stereocenters. The van der Waals surface area contributed by atoms with Gasteiger partial charge >= 0.3 is 0 Å². The first kappa shape index (κ1) is 15.6. The van der Waals surface area contributed by atoms with Crippen LogP contribution in [0, 0.1) is 27.2 Å². The Bertz CT molecular complexity index is 1210. The van der Waals surface area contributed by atoms with Crippen molar-refractivity contribution in [3.05, 3.63) is 74.6 Å². The van der Waals surface area contributed by atoms with E-state index in [1.165, 1.54) is 30.6 Å². The minimum atomic E-state index is -0.467. The van der Waals surface area contributed by atoms with E-state index >= 15 is 0 Å². The first-order chi connectivity index (χ1) is 12.5. The largest absolute Gasteiger partial charge is 0.281 e. The fraction of sp³-hybridized carbons (Fsp3) is 0.0588. The molecular weight excluding hydrogens is 338 g/mol. The fourth-order valence-corrected chi connectivity index (χ4v) is 3.15. The van der Waals surface area contributed by atoms with Crippen LogP contribution in [0.5, 0.6) is 0 Å². The third-order valence-corrected chi connectivity index (χ3v) is 4.35. The van der Waals surface area contributed by atoms with Gasteiger partial charge in [0.1, 0.15) is 6.33 Å². The highest BCUT2D eigenvalue weighted by Gasteiger charge is 2.19. The zero-order valence-corrected chi connectivity index (χ0v) is 13.5. The molecule has 0 N–H and O–H groups in total. The average Bonchev–Trinajstić information content (AvgIpc) is 3.11. The number of pyridine rings is 1. The molecule has 0 fully saturated rings. The number of nitro groups is 2. The van der Waals surface area contributed by atoms with E-state index in [1.807, 2.05) is 6.92 Å². The summed E-state index contributed by atoms with van der Waals surface area (Å²) in [6, 6.07) is 10.8. The second-order valence-corrected chi connectivity index (χ2v) is 5.79. The number of aromatic nitrogens is 3. The summed E-state index contributed by atoms with van der Waals surface area (Å²) in [7, 11) is 0. The van der Waals surface area contributed by atoms with Gasteiger partial charge in [-0.2, -0.15) is 0 Å². The first-order valence-electron chi connectivity index (χ1n) is 7.62. The first-order valence-corrected chi connectivity index (χ1v) is 7.62. The molecule has 0 bridgehead atoms. The molecule has 0 aliphatic rings. The number of hydrogen-bond donors (Lipinski definition) is 0. The van der Waals surface area contributed by atoms with Crippen LogP contribution in [-0.2, 0) is 0 Å². The Morgan fingerprint density at radius 1 is 1.00 bits per heavy atom. The third-order valence-electron chi connectivity index (χ3n) is 4.35. The summed E-state index contributed by atoms with van der Waals surface area (Å²) in [5.74, 6) is 0. The van der Waals surface area contributed by atoms with Gasteiger partial charge in [0, 0.05) is 35.2 Å². The summed E-state index contributed by atoms with van der Waals surface area (Å²) in [6.45, 7) is 1.81. The van der Waals surface area contributed by atoms with Crippen molar-refractivity contribution >= 4 is 27.9 Å². The minimum absolute atomic E-state index is 0.0296. The number of hydrogen-bond acceptors (Lipinski definition) is 6. The molecule has 4 aromatic rings. The van der Waals surface area contributed by atoms with Gasteiger partial charge in [-0.15, -0.1) is 10.2 Å². The molecule has 0 saturated carbocycles. The van der Waals surface area contributed by atoms with E-state index in [2.05, 4.69) is 10.2 Å². The van der Waals surface area contributed by atoms with Gasteiger partial charge in [0.05, 0.1) is 15.4 Å². The summed E-state index contributed by atoms with van der Waals surface area (Å²) in [6.07, 6.45) is 1.52. The van der Waals surface area contributed by atoms with Crippen LogP contribution in [0.1, 0.15) is 5.56 Å². The lowest BCUT2D eigenvalue weighted by Crippen LogP contribution is -1.98. The number of nitro benzene ring substituents is 2. The van der Waals surface area contributed by atoms with Gasteiger partial charge < -0.3 is 0 Å². The third kappa shape index (κ3) is 2.25. The molecule has 2 aromatic carbocycles. The number of aryl methyl sites for hydroxylation is 1. The van der Waals surface area contributed by atoms with E-state index in [-0.39, 0.29) is 11.4 Å². The van der Waals surface area contributed by atoms with Gasteiger partial charge in [-0.3, -0.25) is 24.6 Å². The van der Waals surface area contributed by atoms with Crippen LogP contribution >= 0.6 is 0 Å². The van der Waals surface area contributed by atoms with Crippen LogP contribution in [0.15, 0.2) is 48.8 Å². The normalized spacial score (nSPS) is 11.1. The Balaban J connectivity index is 2.12. The lowest BCUT2D eigenvalue weighted by molar-refractivity contribution is -0.384. The summed E-state index contributed by atoms with van der Waals surface area (Å²) < 4.78 is 1.72. The van der Waals surface area contributed by atoms with E-state index in [1.54, 1.807) is 22.6 Å². The van der Waals surface area contributed by atoms with Crippen LogP contribution in [0.2, 0.25) is 0 Å². The predicted molar refractivity (Wildman–Crippen MR) is 94.0 cm³/mol. The summed E-state index contributed by atoms with van der Waals surface area (Å²) in [5.41, 5.74) is 3.18. The topological polar surface area (TPSA) is 116 Å². The standard InChI is InChI=1S/C17H11N5O4/c1-10-14-8-13(22(25)26)5-6-15(14)20-9-18-19-17(20)16(10)11-3-2-4-12(7-11)21(23)24/h2-9H,1H3. The van der Waals surface area contributed by atoms with Crippen molar-refractivity contribution < 1.29 is 9.85 Å². The molecule has 2 aromatic heterocycles. The zero-order valence-electron chi connectivity index (χ0n) is 13.5. The van der Waals surface area contributed by atoms with E-state index < -0.39 is 9.85 Å².